The second-order valence-corrected chi connectivity index (χ2v) is 11.7. The standard InChI is InChI=1S/C33H37FN6O3/c1-22-11-20-29(43-22)32-36-38-39(37-32)21-30(41)40(28-18-14-24(15-19-28)23-7-3-2-4-8-23)31(25-12-16-26(34)17-13-25)33(42)35-27-9-5-6-10-27/h11-20,23,27,31H,2-10,21H2,1H3,(H,35,42)/t31-/m0/s1. The van der Waals surface area contributed by atoms with E-state index in [-0.39, 0.29) is 24.3 Å². The highest BCUT2D eigenvalue weighted by atomic mass is 19.1. The molecule has 0 spiro atoms. The number of aryl methyl sites for hydroxylation is 1. The zero-order valence-corrected chi connectivity index (χ0v) is 24.4. The van der Waals surface area contributed by atoms with Crippen molar-refractivity contribution >= 4 is 17.5 Å². The molecule has 1 N–H and O–H groups in total. The summed E-state index contributed by atoms with van der Waals surface area (Å²) in [6, 6.07) is 16.3. The highest BCUT2D eigenvalue weighted by molar-refractivity contribution is 6.01. The summed E-state index contributed by atoms with van der Waals surface area (Å²) >= 11 is 0. The first kappa shape index (κ1) is 28.8. The van der Waals surface area contributed by atoms with Gasteiger partial charge in [-0.25, -0.2) is 4.39 Å². The number of anilines is 1. The first-order valence-electron chi connectivity index (χ1n) is 15.3. The second-order valence-electron chi connectivity index (χ2n) is 11.7. The molecule has 2 amide bonds. The Morgan fingerprint density at radius 1 is 0.953 bits per heavy atom. The molecule has 2 fully saturated rings. The van der Waals surface area contributed by atoms with Crippen LogP contribution in [0.15, 0.2) is 65.1 Å². The van der Waals surface area contributed by atoms with Crippen LogP contribution in [0, 0.1) is 12.7 Å². The van der Waals surface area contributed by atoms with E-state index in [1.807, 2.05) is 19.1 Å². The summed E-state index contributed by atoms with van der Waals surface area (Å²) in [5.41, 5.74) is 2.32. The lowest BCUT2D eigenvalue weighted by atomic mass is 9.84. The van der Waals surface area contributed by atoms with Crippen molar-refractivity contribution in [1.29, 1.82) is 0 Å². The maximum atomic E-state index is 14.2. The number of carbonyl (C=O) groups excluding carboxylic acids is 2. The monoisotopic (exact) mass is 584 g/mol. The zero-order chi connectivity index (χ0) is 29.8. The van der Waals surface area contributed by atoms with Crippen LogP contribution in [-0.4, -0.2) is 38.1 Å². The molecule has 2 aromatic carbocycles. The largest absolute Gasteiger partial charge is 0.458 e. The lowest BCUT2D eigenvalue weighted by Crippen LogP contribution is -2.47. The molecule has 0 bridgehead atoms. The summed E-state index contributed by atoms with van der Waals surface area (Å²) in [4.78, 5) is 30.9. The van der Waals surface area contributed by atoms with E-state index in [0.29, 0.717) is 28.7 Å². The van der Waals surface area contributed by atoms with E-state index in [1.165, 1.54) is 46.7 Å². The topological polar surface area (TPSA) is 106 Å². The quantitative estimate of drug-likeness (QED) is 0.249. The number of nitrogens with one attached hydrogen (secondary N) is 1. The molecule has 0 radical (unpaired) electrons. The van der Waals surface area contributed by atoms with Gasteiger partial charge in [-0.1, -0.05) is 56.4 Å². The van der Waals surface area contributed by atoms with Crippen molar-refractivity contribution < 1.29 is 18.4 Å². The van der Waals surface area contributed by atoms with Crippen molar-refractivity contribution in [3.05, 3.63) is 83.4 Å². The van der Waals surface area contributed by atoms with E-state index in [1.54, 1.807) is 24.3 Å². The summed E-state index contributed by atoms with van der Waals surface area (Å²) < 4.78 is 19.6. The summed E-state index contributed by atoms with van der Waals surface area (Å²) in [7, 11) is 0. The number of rotatable bonds is 9. The van der Waals surface area contributed by atoms with Gasteiger partial charge in [-0.2, -0.15) is 4.80 Å². The van der Waals surface area contributed by atoms with Crippen LogP contribution in [0.1, 0.15) is 86.6 Å². The number of nitrogens with zero attached hydrogens (tertiary/aromatic N) is 5. The first-order valence-corrected chi connectivity index (χ1v) is 15.3. The Kier molecular flexibility index (Phi) is 8.62. The molecule has 2 aliphatic rings. The highest BCUT2D eigenvalue weighted by Crippen LogP contribution is 2.35. The minimum Gasteiger partial charge on any atom is -0.458 e. The third-order valence-corrected chi connectivity index (χ3v) is 8.60. The van der Waals surface area contributed by atoms with E-state index in [9.17, 15) is 14.0 Å². The normalized spacial score (nSPS) is 16.7. The van der Waals surface area contributed by atoms with Crippen LogP contribution in [0.3, 0.4) is 0 Å². The molecule has 2 aromatic heterocycles. The number of furan rings is 1. The molecule has 0 saturated heterocycles. The van der Waals surface area contributed by atoms with E-state index >= 15 is 0 Å². The lowest BCUT2D eigenvalue weighted by molar-refractivity contribution is -0.127. The van der Waals surface area contributed by atoms with E-state index in [0.717, 1.165) is 38.5 Å². The minimum absolute atomic E-state index is 0.0392. The third-order valence-electron chi connectivity index (χ3n) is 8.60. The van der Waals surface area contributed by atoms with Gasteiger partial charge in [0.05, 0.1) is 0 Å². The number of tetrazole rings is 1. The minimum atomic E-state index is -1.02. The van der Waals surface area contributed by atoms with Gasteiger partial charge in [0.25, 0.3) is 5.91 Å². The van der Waals surface area contributed by atoms with Crippen LogP contribution in [0.2, 0.25) is 0 Å². The number of halogens is 1. The van der Waals surface area contributed by atoms with Gasteiger partial charge in [-0.05, 0) is 91.3 Å². The van der Waals surface area contributed by atoms with Gasteiger partial charge in [0.2, 0.25) is 11.7 Å². The highest BCUT2D eigenvalue weighted by Gasteiger charge is 2.35. The molecule has 0 aliphatic heterocycles. The number of hydrogen-bond donors (Lipinski definition) is 1. The predicted octanol–water partition coefficient (Wildman–Crippen LogP) is 6.26. The Morgan fingerprint density at radius 3 is 2.33 bits per heavy atom. The van der Waals surface area contributed by atoms with E-state index in [4.69, 9.17) is 4.42 Å². The summed E-state index contributed by atoms with van der Waals surface area (Å²) in [5, 5.41) is 15.7. The molecule has 4 aromatic rings. The molecule has 43 heavy (non-hydrogen) atoms. The Labute approximate surface area is 250 Å². The SMILES string of the molecule is Cc1ccc(-c2nnn(CC(=O)N(c3ccc(C4CCCCC4)cc3)[C@H](C(=O)NC3CCCC3)c3ccc(F)cc3)n2)o1. The fraction of sp³-hybridized carbons (Fsp3) is 0.424. The predicted molar refractivity (Wildman–Crippen MR) is 160 cm³/mol. The van der Waals surface area contributed by atoms with Gasteiger partial charge < -0.3 is 9.73 Å². The average Bonchev–Trinajstić information content (AvgIpc) is 3.80. The number of amides is 2. The molecule has 10 heteroatoms. The molecule has 224 valence electrons. The maximum Gasteiger partial charge on any atom is 0.251 e. The molecule has 2 heterocycles. The van der Waals surface area contributed by atoms with Crippen molar-refractivity contribution in [2.24, 2.45) is 0 Å². The Bertz CT molecular complexity index is 1540. The van der Waals surface area contributed by atoms with Crippen molar-refractivity contribution in [3.63, 3.8) is 0 Å². The number of carbonyl (C=O) groups is 2. The molecule has 2 aliphatic carbocycles. The molecular weight excluding hydrogens is 547 g/mol. The molecule has 6 rings (SSSR count). The zero-order valence-electron chi connectivity index (χ0n) is 24.4. The molecule has 9 nitrogen and oxygen atoms in total. The fourth-order valence-electron chi connectivity index (χ4n) is 6.35. The Hall–Kier alpha value is -4.34. The Balaban J connectivity index is 1.35. The van der Waals surface area contributed by atoms with Crippen LogP contribution in [0.4, 0.5) is 10.1 Å². The molecule has 1 atom stereocenters. The van der Waals surface area contributed by atoms with Gasteiger partial charge in [0.15, 0.2) is 5.76 Å². The van der Waals surface area contributed by atoms with Crippen molar-refractivity contribution in [3.8, 4) is 11.6 Å². The van der Waals surface area contributed by atoms with Crippen LogP contribution in [-0.2, 0) is 16.1 Å². The fourth-order valence-corrected chi connectivity index (χ4v) is 6.35. The van der Waals surface area contributed by atoms with Crippen molar-refractivity contribution in [1.82, 2.24) is 25.5 Å². The first-order chi connectivity index (χ1) is 20.9. The maximum absolute atomic E-state index is 14.2. The van der Waals surface area contributed by atoms with Gasteiger partial charge in [0.1, 0.15) is 24.2 Å². The lowest BCUT2D eigenvalue weighted by Gasteiger charge is -2.32. The number of aromatic nitrogens is 4. The van der Waals surface area contributed by atoms with Crippen LogP contribution in [0.5, 0.6) is 0 Å². The van der Waals surface area contributed by atoms with Crippen LogP contribution < -0.4 is 10.2 Å². The van der Waals surface area contributed by atoms with Gasteiger partial charge in [0, 0.05) is 11.7 Å². The molecular formula is C33H37FN6O3. The van der Waals surface area contributed by atoms with Crippen LogP contribution >= 0.6 is 0 Å². The van der Waals surface area contributed by atoms with Crippen molar-refractivity contribution in [2.75, 3.05) is 4.90 Å². The van der Waals surface area contributed by atoms with E-state index in [2.05, 4.69) is 32.9 Å². The van der Waals surface area contributed by atoms with E-state index < -0.39 is 17.8 Å². The van der Waals surface area contributed by atoms with Crippen LogP contribution in [0.25, 0.3) is 11.6 Å². The average molecular weight is 585 g/mol. The van der Waals surface area contributed by atoms with Gasteiger partial charge in [-0.15, -0.1) is 10.2 Å². The third kappa shape index (κ3) is 6.68. The summed E-state index contributed by atoms with van der Waals surface area (Å²) in [5.74, 6) is 0.794. The number of benzene rings is 2. The second kappa shape index (κ2) is 12.9. The summed E-state index contributed by atoms with van der Waals surface area (Å²) in [6.45, 7) is 1.56. The summed E-state index contributed by atoms with van der Waals surface area (Å²) in [6.07, 6.45) is 9.89. The number of hydrogen-bond acceptors (Lipinski definition) is 6. The Morgan fingerprint density at radius 2 is 1.65 bits per heavy atom. The van der Waals surface area contributed by atoms with Gasteiger partial charge >= 0.3 is 0 Å². The van der Waals surface area contributed by atoms with Gasteiger partial charge in [-0.3, -0.25) is 14.5 Å². The molecule has 0 unspecified atom stereocenters. The smallest absolute Gasteiger partial charge is 0.251 e. The molecule has 2 saturated carbocycles. The van der Waals surface area contributed by atoms with Crippen molar-refractivity contribution in [2.45, 2.75) is 89.3 Å².